The number of imidazole rings is 1. The number of nitrogens with two attached hydrogens (primary N) is 1. The topological polar surface area (TPSA) is 149 Å². The molecule has 0 saturated carbocycles. The first-order valence-electron chi connectivity index (χ1n) is 8.45. The third kappa shape index (κ3) is 3.25. The molecule has 0 aliphatic carbocycles. The first-order valence-corrected chi connectivity index (χ1v) is 8.45. The molecule has 1 aromatic carbocycles. The van der Waals surface area contributed by atoms with Crippen molar-refractivity contribution in [3.05, 3.63) is 46.2 Å². The van der Waals surface area contributed by atoms with Gasteiger partial charge in [0.25, 0.3) is 5.56 Å². The smallest absolute Gasteiger partial charge is 0.301 e. The van der Waals surface area contributed by atoms with Crippen LogP contribution in [0.3, 0.4) is 0 Å². The molecule has 3 atom stereocenters. The maximum Gasteiger partial charge on any atom is 0.301 e. The molecule has 2 aromatic heterocycles. The lowest BCUT2D eigenvalue weighted by atomic mass is 10.2. The van der Waals surface area contributed by atoms with E-state index in [9.17, 15) is 15.0 Å². The van der Waals surface area contributed by atoms with E-state index in [1.807, 2.05) is 30.3 Å². The summed E-state index contributed by atoms with van der Waals surface area (Å²) in [4.78, 5) is 23.0. The zero-order valence-corrected chi connectivity index (χ0v) is 14.3. The van der Waals surface area contributed by atoms with Crippen molar-refractivity contribution in [2.24, 2.45) is 0 Å². The molecular weight excluding hydrogens is 354 g/mol. The van der Waals surface area contributed by atoms with Crippen LogP contribution in [0, 0.1) is 0 Å². The number of aromatic nitrogens is 4. The molecule has 4 rings (SSSR count). The first kappa shape index (κ1) is 17.5. The van der Waals surface area contributed by atoms with Gasteiger partial charge >= 0.3 is 6.01 Å². The van der Waals surface area contributed by atoms with Crippen molar-refractivity contribution >= 4 is 17.1 Å². The van der Waals surface area contributed by atoms with Crippen molar-refractivity contribution in [3.8, 4) is 6.01 Å². The monoisotopic (exact) mass is 373 g/mol. The minimum Gasteiger partial charge on any atom is -0.460 e. The normalized spacial score (nSPS) is 22.4. The summed E-state index contributed by atoms with van der Waals surface area (Å²) in [6.07, 6.45) is -2.12. The van der Waals surface area contributed by atoms with Crippen LogP contribution in [0.5, 0.6) is 6.01 Å². The molecule has 0 spiro atoms. The summed E-state index contributed by atoms with van der Waals surface area (Å²) in [5.74, 6) is -0.0690. The molecule has 3 heterocycles. The number of aliphatic hydroxyl groups is 2. The lowest BCUT2D eigenvalue weighted by Gasteiger charge is -2.16. The molecule has 0 unspecified atom stereocenters. The van der Waals surface area contributed by atoms with Gasteiger partial charge in [0.15, 0.2) is 11.2 Å². The van der Waals surface area contributed by atoms with Crippen LogP contribution in [-0.4, -0.2) is 48.5 Å². The summed E-state index contributed by atoms with van der Waals surface area (Å²) in [7, 11) is 0. The number of nitrogen functional groups attached to an aromatic ring is 1. The number of hydrogen-bond acceptors (Lipinski definition) is 8. The van der Waals surface area contributed by atoms with Crippen LogP contribution in [-0.2, 0) is 11.3 Å². The first-order chi connectivity index (χ1) is 13.1. The van der Waals surface area contributed by atoms with Crippen LogP contribution in [0.4, 0.5) is 5.95 Å². The largest absolute Gasteiger partial charge is 0.460 e. The average molecular weight is 373 g/mol. The number of hydrogen-bond donors (Lipinski definition) is 4. The van der Waals surface area contributed by atoms with Crippen molar-refractivity contribution < 1.29 is 19.7 Å². The molecule has 1 aliphatic heterocycles. The van der Waals surface area contributed by atoms with Gasteiger partial charge in [-0.05, 0) is 5.56 Å². The number of benzene rings is 1. The van der Waals surface area contributed by atoms with E-state index in [1.54, 1.807) is 0 Å². The number of anilines is 1. The van der Waals surface area contributed by atoms with E-state index in [0.29, 0.717) is 0 Å². The van der Waals surface area contributed by atoms with Crippen LogP contribution in [0.1, 0.15) is 18.2 Å². The van der Waals surface area contributed by atoms with Gasteiger partial charge in [0.1, 0.15) is 18.9 Å². The Hall–Kier alpha value is -2.95. The zero-order valence-electron chi connectivity index (χ0n) is 14.3. The second-order valence-corrected chi connectivity index (χ2v) is 6.28. The maximum absolute atomic E-state index is 12.2. The van der Waals surface area contributed by atoms with Crippen molar-refractivity contribution in [3.63, 3.8) is 0 Å². The van der Waals surface area contributed by atoms with E-state index in [2.05, 4.69) is 15.0 Å². The molecule has 27 heavy (non-hydrogen) atoms. The molecule has 1 aliphatic rings. The van der Waals surface area contributed by atoms with Crippen LogP contribution >= 0.6 is 0 Å². The minimum absolute atomic E-state index is 0.0535. The van der Waals surface area contributed by atoms with Crippen LogP contribution in [0.2, 0.25) is 0 Å². The van der Waals surface area contributed by atoms with Gasteiger partial charge in [0.05, 0.1) is 12.7 Å². The number of nitrogens with one attached hydrogen (secondary N) is 1. The van der Waals surface area contributed by atoms with Crippen LogP contribution in [0.15, 0.2) is 35.1 Å². The number of H-pyrrole nitrogens is 1. The Bertz CT molecular complexity index is 1000. The molecule has 10 nitrogen and oxygen atoms in total. The van der Waals surface area contributed by atoms with Crippen molar-refractivity contribution in [2.75, 3.05) is 12.3 Å². The van der Waals surface area contributed by atoms with Gasteiger partial charge in [-0.1, -0.05) is 30.3 Å². The number of ether oxygens (including phenoxy) is 2. The number of aliphatic hydroxyl groups excluding tert-OH is 2. The standard InChI is InChI=1S/C17H19N5O5/c18-16-20-14-13(15(25)21-16)19-17(26-8-9-4-2-1-3-5-9)22(14)12-6-10(24)11(7-23)27-12/h1-5,10-12,23-24H,6-8H2,(H3,18,20,21,25)/t10-,11-,12-/m1/s1. The molecular formula is C17H19N5O5. The Balaban J connectivity index is 1.75. The summed E-state index contributed by atoms with van der Waals surface area (Å²) in [6, 6.07) is 9.58. The Labute approximate surface area is 153 Å². The lowest BCUT2D eigenvalue weighted by Crippen LogP contribution is -2.24. The minimum atomic E-state index is -0.862. The van der Waals surface area contributed by atoms with E-state index in [-0.39, 0.29) is 42.8 Å². The lowest BCUT2D eigenvalue weighted by molar-refractivity contribution is -0.0456. The number of rotatable bonds is 5. The third-order valence-corrected chi connectivity index (χ3v) is 4.42. The summed E-state index contributed by atoms with van der Waals surface area (Å²) in [6.45, 7) is -0.114. The van der Waals surface area contributed by atoms with Crippen LogP contribution in [0.25, 0.3) is 11.2 Å². The number of aromatic amines is 1. The Morgan fingerprint density at radius 3 is 2.81 bits per heavy atom. The van der Waals surface area contributed by atoms with Gasteiger partial charge in [0, 0.05) is 6.42 Å². The molecule has 1 saturated heterocycles. The molecule has 0 radical (unpaired) electrons. The van der Waals surface area contributed by atoms with Crippen molar-refractivity contribution in [1.82, 2.24) is 19.5 Å². The van der Waals surface area contributed by atoms with E-state index in [0.717, 1.165) is 5.56 Å². The van der Waals surface area contributed by atoms with Gasteiger partial charge in [-0.25, -0.2) is 0 Å². The summed E-state index contributed by atoms with van der Waals surface area (Å²) in [5.41, 5.74) is 6.33. The summed E-state index contributed by atoms with van der Waals surface area (Å²) in [5, 5.41) is 19.4. The van der Waals surface area contributed by atoms with Crippen LogP contribution < -0.4 is 16.0 Å². The molecule has 142 valence electrons. The fraction of sp³-hybridized carbons (Fsp3) is 0.353. The fourth-order valence-corrected chi connectivity index (χ4v) is 3.10. The predicted octanol–water partition coefficient (Wildman–Crippen LogP) is -0.0785. The highest BCUT2D eigenvalue weighted by molar-refractivity contribution is 5.72. The van der Waals surface area contributed by atoms with E-state index >= 15 is 0 Å². The maximum atomic E-state index is 12.2. The molecule has 5 N–H and O–H groups in total. The highest BCUT2D eigenvalue weighted by Crippen LogP contribution is 2.34. The van der Waals surface area contributed by atoms with Gasteiger partial charge in [-0.15, -0.1) is 0 Å². The summed E-state index contributed by atoms with van der Waals surface area (Å²) >= 11 is 0. The Kier molecular flexibility index (Phi) is 4.52. The number of fused-ring (bicyclic) bond motifs is 1. The van der Waals surface area contributed by atoms with Gasteiger partial charge in [0.2, 0.25) is 5.95 Å². The summed E-state index contributed by atoms with van der Waals surface area (Å²) < 4.78 is 13.0. The Morgan fingerprint density at radius 1 is 1.33 bits per heavy atom. The molecule has 3 aromatic rings. The van der Waals surface area contributed by atoms with E-state index in [4.69, 9.17) is 15.2 Å². The van der Waals surface area contributed by atoms with Crippen molar-refractivity contribution in [2.45, 2.75) is 31.5 Å². The molecule has 10 heteroatoms. The number of nitrogens with zero attached hydrogens (tertiary/aromatic N) is 3. The predicted molar refractivity (Wildman–Crippen MR) is 95.0 cm³/mol. The van der Waals surface area contributed by atoms with E-state index in [1.165, 1.54) is 4.57 Å². The van der Waals surface area contributed by atoms with Crippen molar-refractivity contribution in [1.29, 1.82) is 0 Å². The fourth-order valence-electron chi connectivity index (χ4n) is 3.10. The van der Waals surface area contributed by atoms with Gasteiger partial charge in [-0.3, -0.25) is 14.3 Å². The quantitative estimate of drug-likeness (QED) is 0.485. The molecule has 1 fully saturated rings. The Morgan fingerprint density at radius 2 is 2.11 bits per heavy atom. The zero-order chi connectivity index (χ0) is 19.0. The highest BCUT2D eigenvalue weighted by Gasteiger charge is 2.37. The average Bonchev–Trinajstić information content (AvgIpc) is 3.20. The molecule has 0 amide bonds. The highest BCUT2D eigenvalue weighted by atomic mass is 16.6. The van der Waals surface area contributed by atoms with E-state index < -0.39 is 24.0 Å². The SMILES string of the molecule is Nc1nc2c(nc(OCc3ccccc3)n2[C@H]2C[C@@H](O)[C@@H](CO)O2)c(=O)[nH]1. The van der Waals surface area contributed by atoms with Gasteiger partial charge in [-0.2, -0.15) is 9.97 Å². The molecule has 0 bridgehead atoms. The third-order valence-electron chi connectivity index (χ3n) is 4.42. The second-order valence-electron chi connectivity index (χ2n) is 6.28. The second kappa shape index (κ2) is 6.99. The van der Waals surface area contributed by atoms with Gasteiger partial charge < -0.3 is 25.4 Å².